The van der Waals surface area contributed by atoms with Gasteiger partial charge in [0.15, 0.2) is 0 Å². The molecule has 1 N–H and O–H groups in total. The third-order valence-corrected chi connectivity index (χ3v) is 7.68. The minimum absolute atomic E-state index is 0.141. The van der Waals surface area contributed by atoms with Crippen molar-refractivity contribution in [1.82, 2.24) is 14.6 Å². The van der Waals surface area contributed by atoms with Crippen LogP contribution in [0.4, 0.5) is 0 Å². The number of amides is 1. The van der Waals surface area contributed by atoms with Gasteiger partial charge in [-0.1, -0.05) is 24.3 Å². The quantitative estimate of drug-likeness (QED) is 0.704. The third kappa shape index (κ3) is 3.30. The number of pyridine rings is 1. The Kier molecular flexibility index (Phi) is 5.15. The van der Waals surface area contributed by atoms with Gasteiger partial charge in [-0.15, -0.1) is 11.3 Å². The summed E-state index contributed by atoms with van der Waals surface area (Å²) in [5.41, 5.74) is 0.695. The monoisotopic (exact) mass is 417 g/mol. The summed E-state index contributed by atoms with van der Waals surface area (Å²) in [6.07, 6.45) is 1.13. The van der Waals surface area contributed by atoms with Gasteiger partial charge in [-0.2, -0.15) is 4.31 Å². The second-order valence-electron chi connectivity index (χ2n) is 6.32. The van der Waals surface area contributed by atoms with Crippen LogP contribution in [0.3, 0.4) is 0 Å². The first-order chi connectivity index (χ1) is 13.5. The summed E-state index contributed by atoms with van der Waals surface area (Å²) in [5.74, 6) is -0.232. The maximum absolute atomic E-state index is 13.0. The molecule has 1 aliphatic rings. The van der Waals surface area contributed by atoms with E-state index in [1.54, 1.807) is 49.6 Å². The van der Waals surface area contributed by atoms with Crippen LogP contribution in [0, 0.1) is 0 Å². The summed E-state index contributed by atoms with van der Waals surface area (Å²) in [6.45, 7) is 0.660. The van der Waals surface area contributed by atoms with E-state index in [0.717, 1.165) is 10.2 Å². The molecule has 1 amide bonds. The fourth-order valence-electron chi connectivity index (χ4n) is 3.31. The van der Waals surface area contributed by atoms with Crippen molar-refractivity contribution in [3.05, 3.63) is 59.1 Å². The van der Waals surface area contributed by atoms with Gasteiger partial charge in [-0.3, -0.25) is 4.79 Å². The van der Waals surface area contributed by atoms with Gasteiger partial charge in [0.2, 0.25) is 10.0 Å². The molecule has 28 heavy (non-hydrogen) atoms. The SMILES string of the molecule is CNC(=O)c1sc2ncccc2c1[C@@H]1CN(S(=O)(=O)c2ccccc2)CCO1. The van der Waals surface area contributed by atoms with E-state index in [-0.39, 0.29) is 30.5 Å². The minimum atomic E-state index is -3.64. The van der Waals surface area contributed by atoms with Crippen LogP contribution in [0.25, 0.3) is 10.2 Å². The molecular weight excluding hydrogens is 398 g/mol. The van der Waals surface area contributed by atoms with Crippen molar-refractivity contribution in [2.45, 2.75) is 11.0 Å². The van der Waals surface area contributed by atoms with Crippen molar-refractivity contribution >= 4 is 37.5 Å². The van der Waals surface area contributed by atoms with E-state index in [2.05, 4.69) is 10.3 Å². The molecular formula is C19H19N3O4S2. The number of hydrogen-bond acceptors (Lipinski definition) is 6. The first-order valence-corrected chi connectivity index (χ1v) is 11.0. The zero-order valence-electron chi connectivity index (χ0n) is 15.2. The summed E-state index contributed by atoms with van der Waals surface area (Å²) in [6, 6.07) is 12.0. The molecule has 4 rings (SSSR count). The van der Waals surface area contributed by atoms with E-state index >= 15 is 0 Å². The van der Waals surface area contributed by atoms with Crippen LogP contribution in [0.2, 0.25) is 0 Å². The van der Waals surface area contributed by atoms with E-state index in [4.69, 9.17) is 4.74 Å². The number of morpholine rings is 1. The number of benzene rings is 1. The molecule has 9 heteroatoms. The smallest absolute Gasteiger partial charge is 0.261 e. The van der Waals surface area contributed by atoms with E-state index in [1.807, 2.05) is 6.07 Å². The summed E-state index contributed by atoms with van der Waals surface area (Å²) >= 11 is 1.28. The Balaban J connectivity index is 1.74. The summed E-state index contributed by atoms with van der Waals surface area (Å²) in [7, 11) is -2.07. The van der Waals surface area contributed by atoms with Crippen LogP contribution in [0.1, 0.15) is 21.3 Å². The molecule has 0 unspecified atom stereocenters. The maximum atomic E-state index is 13.0. The molecule has 1 aliphatic heterocycles. The Hall–Kier alpha value is -2.33. The van der Waals surface area contributed by atoms with Gasteiger partial charge in [0.25, 0.3) is 5.91 Å². The van der Waals surface area contributed by atoms with Crippen LogP contribution < -0.4 is 5.32 Å². The summed E-state index contributed by atoms with van der Waals surface area (Å²) in [5, 5.41) is 3.46. The minimum Gasteiger partial charge on any atom is -0.371 e. The number of rotatable bonds is 4. The van der Waals surface area contributed by atoms with Gasteiger partial charge < -0.3 is 10.1 Å². The Labute approximate surface area is 167 Å². The fraction of sp³-hybridized carbons (Fsp3) is 0.263. The van der Waals surface area contributed by atoms with E-state index < -0.39 is 16.1 Å². The predicted molar refractivity (Wildman–Crippen MR) is 107 cm³/mol. The van der Waals surface area contributed by atoms with Gasteiger partial charge in [0, 0.05) is 37.3 Å². The zero-order chi connectivity index (χ0) is 19.7. The van der Waals surface area contributed by atoms with Gasteiger partial charge in [0.05, 0.1) is 17.6 Å². The number of carbonyl (C=O) groups is 1. The largest absolute Gasteiger partial charge is 0.371 e. The zero-order valence-corrected chi connectivity index (χ0v) is 16.8. The van der Waals surface area contributed by atoms with Crippen molar-refractivity contribution in [3.63, 3.8) is 0 Å². The molecule has 1 atom stereocenters. The molecule has 0 bridgehead atoms. The Morgan fingerprint density at radius 3 is 2.79 bits per heavy atom. The lowest BCUT2D eigenvalue weighted by atomic mass is 10.0. The molecule has 0 saturated carbocycles. The second-order valence-corrected chi connectivity index (χ2v) is 9.25. The standard InChI is InChI=1S/C19H19N3O4S2/c1-20-18(23)17-16(14-8-5-9-21-19(14)27-17)15-12-22(10-11-26-15)28(24,25)13-6-3-2-4-7-13/h2-9,15H,10-12H2,1H3,(H,20,23)/t15-/m0/s1. The molecule has 7 nitrogen and oxygen atoms in total. The van der Waals surface area contributed by atoms with Gasteiger partial charge in [-0.25, -0.2) is 13.4 Å². The molecule has 1 aromatic carbocycles. The normalized spacial score (nSPS) is 18.2. The Morgan fingerprint density at radius 1 is 1.25 bits per heavy atom. The number of fused-ring (bicyclic) bond motifs is 1. The third-order valence-electron chi connectivity index (χ3n) is 4.67. The number of hydrogen-bond donors (Lipinski definition) is 1. The van der Waals surface area contributed by atoms with E-state index in [9.17, 15) is 13.2 Å². The van der Waals surface area contributed by atoms with Gasteiger partial charge >= 0.3 is 0 Å². The fourth-order valence-corrected chi connectivity index (χ4v) is 5.90. The highest BCUT2D eigenvalue weighted by Gasteiger charge is 2.35. The number of sulfonamides is 1. The lowest BCUT2D eigenvalue weighted by molar-refractivity contribution is -0.00192. The number of nitrogens with one attached hydrogen (secondary N) is 1. The van der Waals surface area contributed by atoms with Crippen molar-refractivity contribution in [1.29, 1.82) is 0 Å². The van der Waals surface area contributed by atoms with Gasteiger partial charge in [-0.05, 0) is 18.2 Å². The van der Waals surface area contributed by atoms with Crippen molar-refractivity contribution in [2.24, 2.45) is 0 Å². The molecule has 3 aromatic rings. The lowest BCUT2D eigenvalue weighted by Crippen LogP contribution is -2.42. The number of carbonyl (C=O) groups excluding carboxylic acids is 1. The van der Waals surface area contributed by atoms with Crippen LogP contribution in [0.5, 0.6) is 0 Å². The molecule has 3 heterocycles. The average molecular weight is 418 g/mol. The highest BCUT2D eigenvalue weighted by molar-refractivity contribution is 7.89. The Morgan fingerprint density at radius 2 is 2.04 bits per heavy atom. The maximum Gasteiger partial charge on any atom is 0.261 e. The van der Waals surface area contributed by atoms with E-state index in [1.165, 1.54) is 15.6 Å². The number of nitrogens with zero attached hydrogens (tertiary/aromatic N) is 2. The molecule has 1 fully saturated rings. The lowest BCUT2D eigenvalue weighted by Gasteiger charge is -2.32. The number of thiophene rings is 1. The van der Waals surface area contributed by atoms with Crippen LogP contribution in [-0.4, -0.2) is 50.4 Å². The van der Waals surface area contributed by atoms with Crippen LogP contribution >= 0.6 is 11.3 Å². The topological polar surface area (TPSA) is 88.6 Å². The van der Waals surface area contributed by atoms with Crippen molar-refractivity contribution in [2.75, 3.05) is 26.7 Å². The molecule has 0 aliphatic carbocycles. The molecule has 1 saturated heterocycles. The number of aromatic nitrogens is 1. The summed E-state index contributed by atoms with van der Waals surface area (Å²) < 4.78 is 33.4. The number of ether oxygens (including phenoxy) is 1. The molecule has 0 spiro atoms. The highest BCUT2D eigenvalue weighted by atomic mass is 32.2. The van der Waals surface area contributed by atoms with Crippen molar-refractivity contribution in [3.8, 4) is 0 Å². The average Bonchev–Trinajstić information content (AvgIpc) is 3.13. The van der Waals surface area contributed by atoms with Crippen LogP contribution in [0.15, 0.2) is 53.6 Å². The first kappa shape index (κ1) is 19.0. The molecule has 146 valence electrons. The highest BCUT2D eigenvalue weighted by Crippen LogP contribution is 2.38. The van der Waals surface area contributed by atoms with Gasteiger partial charge in [0.1, 0.15) is 9.71 Å². The molecule has 0 radical (unpaired) electrons. The summed E-state index contributed by atoms with van der Waals surface area (Å²) in [4.78, 5) is 18.2. The predicted octanol–water partition coefficient (Wildman–Crippen LogP) is 2.42. The second kappa shape index (κ2) is 7.59. The Bertz CT molecular complexity index is 1110. The van der Waals surface area contributed by atoms with Crippen LogP contribution in [-0.2, 0) is 14.8 Å². The van der Waals surface area contributed by atoms with E-state index in [0.29, 0.717) is 10.4 Å². The first-order valence-electron chi connectivity index (χ1n) is 8.78. The van der Waals surface area contributed by atoms with Crippen molar-refractivity contribution < 1.29 is 17.9 Å². The molecule has 2 aromatic heterocycles.